The van der Waals surface area contributed by atoms with Crippen molar-refractivity contribution in [2.45, 2.75) is 18.7 Å². The summed E-state index contributed by atoms with van der Waals surface area (Å²) < 4.78 is 54.1. The van der Waals surface area contributed by atoms with Gasteiger partial charge in [-0.3, -0.25) is 0 Å². The molecule has 2 aromatic rings. The van der Waals surface area contributed by atoms with E-state index in [1.165, 1.54) is 12.1 Å². The normalized spacial score (nSPS) is 13.5. The summed E-state index contributed by atoms with van der Waals surface area (Å²) in [6, 6.07) is 3.58. The number of halogens is 5. The van der Waals surface area contributed by atoms with Gasteiger partial charge in [0.15, 0.2) is 6.10 Å². The molecule has 0 aliphatic heterocycles. The van der Waals surface area contributed by atoms with Crippen molar-refractivity contribution >= 4 is 11.6 Å². The lowest BCUT2D eigenvalue weighted by atomic mass is 10.2. The Morgan fingerprint density at radius 2 is 2.05 bits per heavy atom. The third-order valence-electron chi connectivity index (χ3n) is 2.39. The molecule has 1 heterocycles. The highest BCUT2D eigenvalue weighted by molar-refractivity contribution is 6.31. The Bertz CT molecular complexity index is 615. The molecule has 0 amide bonds. The van der Waals surface area contributed by atoms with Gasteiger partial charge in [-0.2, -0.15) is 18.2 Å². The average Bonchev–Trinajstić information content (AvgIpc) is 2.80. The molecule has 20 heavy (non-hydrogen) atoms. The molecule has 1 atom stereocenters. The van der Waals surface area contributed by atoms with E-state index in [1.807, 2.05) is 0 Å². The van der Waals surface area contributed by atoms with E-state index in [0.717, 1.165) is 6.07 Å². The van der Waals surface area contributed by atoms with Crippen LogP contribution in [0, 0.1) is 5.82 Å². The third kappa shape index (κ3) is 3.26. The first-order valence-corrected chi connectivity index (χ1v) is 5.68. The summed E-state index contributed by atoms with van der Waals surface area (Å²) in [6.45, 7) is 0. The first kappa shape index (κ1) is 14.7. The number of nitrogens with zero attached hydrogens (tertiary/aromatic N) is 2. The molecule has 4 nitrogen and oxygen atoms in total. The Hall–Kier alpha value is -1.67. The van der Waals surface area contributed by atoms with Gasteiger partial charge in [0, 0.05) is 5.56 Å². The van der Waals surface area contributed by atoms with Crippen LogP contribution in [0.15, 0.2) is 22.7 Å². The largest absolute Gasteiger partial charge is 0.414 e. The van der Waals surface area contributed by atoms with Gasteiger partial charge in [0.2, 0.25) is 11.7 Å². The maximum absolute atomic E-state index is 13.0. The first-order chi connectivity index (χ1) is 9.27. The molecule has 1 unspecified atom stereocenters. The van der Waals surface area contributed by atoms with Crippen LogP contribution in [0.4, 0.5) is 17.6 Å². The van der Waals surface area contributed by atoms with Gasteiger partial charge in [-0.25, -0.2) is 4.39 Å². The van der Waals surface area contributed by atoms with E-state index in [4.69, 9.17) is 16.7 Å². The average molecular weight is 311 g/mol. The lowest BCUT2D eigenvalue weighted by Gasteiger charge is -2.11. The Balaban J connectivity index is 2.18. The van der Waals surface area contributed by atoms with Crippen molar-refractivity contribution in [1.82, 2.24) is 10.1 Å². The molecule has 0 fully saturated rings. The number of rotatable bonds is 3. The van der Waals surface area contributed by atoms with Gasteiger partial charge in [-0.15, -0.1) is 0 Å². The van der Waals surface area contributed by atoms with E-state index in [1.54, 1.807) is 0 Å². The maximum Gasteiger partial charge on any atom is 0.414 e. The molecule has 108 valence electrons. The predicted octanol–water partition coefficient (Wildman–Crippen LogP) is 2.99. The highest BCUT2D eigenvalue weighted by atomic mass is 35.5. The van der Waals surface area contributed by atoms with Crippen LogP contribution in [0.2, 0.25) is 5.02 Å². The third-order valence-corrected chi connectivity index (χ3v) is 2.68. The van der Waals surface area contributed by atoms with E-state index in [-0.39, 0.29) is 22.3 Å². The number of alkyl halides is 3. The molecule has 1 N–H and O–H groups in total. The van der Waals surface area contributed by atoms with Crippen molar-refractivity contribution < 1.29 is 27.2 Å². The smallest absolute Gasteiger partial charge is 0.383 e. The Labute approximate surface area is 115 Å². The lowest BCUT2D eigenvalue weighted by Crippen LogP contribution is -2.30. The predicted molar refractivity (Wildman–Crippen MR) is 60.5 cm³/mol. The van der Waals surface area contributed by atoms with E-state index in [2.05, 4.69) is 14.7 Å². The second kappa shape index (κ2) is 5.37. The fraction of sp³-hybridized carbons (Fsp3) is 0.273. The fourth-order valence-corrected chi connectivity index (χ4v) is 1.55. The van der Waals surface area contributed by atoms with Crippen molar-refractivity contribution in [3.8, 4) is 11.4 Å². The number of aromatic nitrogens is 2. The van der Waals surface area contributed by atoms with Gasteiger partial charge in [0.05, 0.1) is 11.4 Å². The molecule has 0 spiro atoms. The molecule has 0 radical (unpaired) electrons. The monoisotopic (exact) mass is 310 g/mol. The van der Waals surface area contributed by atoms with Gasteiger partial charge in [-0.05, 0) is 18.2 Å². The summed E-state index contributed by atoms with van der Waals surface area (Å²) in [7, 11) is 0. The highest BCUT2D eigenvalue weighted by Crippen LogP contribution is 2.25. The van der Waals surface area contributed by atoms with Crippen molar-refractivity contribution in [3.63, 3.8) is 0 Å². The van der Waals surface area contributed by atoms with Crippen LogP contribution in [0.25, 0.3) is 11.4 Å². The van der Waals surface area contributed by atoms with Crippen LogP contribution in [0.1, 0.15) is 5.89 Å². The summed E-state index contributed by atoms with van der Waals surface area (Å²) in [5.41, 5.74) is 0.285. The second-order valence-electron chi connectivity index (χ2n) is 3.90. The zero-order valence-electron chi connectivity index (χ0n) is 9.66. The summed E-state index contributed by atoms with van der Waals surface area (Å²) in [6.07, 6.45) is -8.22. The molecule has 0 saturated carbocycles. The Kier molecular flexibility index (Phi) is 3.96. The lowest BCUT2D eigenvalue weighted by molar-refractivity contribution is -0.204. The van der Waals surface area contributed by atoms with E-state index < -0.39 is 24.5 Å². The minimum atomic E-state index is -4.77. The van der Waals surface area contributed by atoms with Gasteiger partial charge in [-0.1, -0.05) is 16.8 Å². The Morgan fingerprint density at radius 3 is 2.65 bits per heavy atom. The summed E-state index contributed by atoms with van der Waals surface area (Å²) in [5.74, 6) is -1.08. The molecule has 1 aromatic heterocycles. The molecule has 0 aliphatic rings. The minimum Gasteiger partial charge on any atom is -0.383 e. The number of benzene rings is 1. The van der Waals surface area contributed by atoms with Crippen molar-refractivity contribution in [3.05, 3.63) is 34.9 Å². The minimum absolute atomic E-state index is 0.0451. The summed E-state index contributed by atoms with van der Waals surface area (Å²) in [4.78, 5) is 3.69. The number of hydrogen-bond acceptors (Lipinski definition) is 4. The standard InChI is InChI=1S/C11H7ClF4N2O2/c12-6-3-5(1-2-7(6)13)10-17-9(20-18-10)4-8(19)11(14,15)16/h1-3,8,19H,4H2. The van der Waals surface area contributed by atoms with Gasteiger partial charge in [0.25, 0.3) is 0 Å². The van der Waals surface area contributed by atoms with Crippen molar-refractivity contribution in [1.29, 1.82) is 0 Å². The number of aliphatic hydroxyl groups excluding tert-OH is 1. The number of hydrogen-bond donors (Lipinski definition) is 1. The van der Waals surface area contributed by atoms with Crippen LogP contribution in [0.5, 0.6) is 0 Å². The fourth-order valence-electron chi connectivity index (χ4n) is 1.37. The number of aliphatic hydroxyl groups is 1. The molecular weight excluding hydrogens is 304 g/mol. The zero-order chi connectivity index (χ0) is 14.9. The highest BCUT2D eigenvalue weighted by Gasteiger charge is 2.39. The zero-order valence-corrected chi connectivity index (χ0v) is 10.4. The van der Waals surface area contributed by atoms with Crippen molar-refractivity contribution in [2.24, 2.45) is 0 Å². The Morgan fingerprint density at radius 1 is 1.35 bits per heavy atom. The van der Waals surface area contributed by atoms with Crippen molar-refractivity contribution in [2.75, 3.05) is 0 Å². The van der Waals surface area contributed by atoms with E-state index in [9.17, 15) is 17.6 Å². The van der Waals surface area contributed by atoms with Crippen LogP contribution < -0.4 is 0 Å². The maximum atomic E-state index is 13.0. The molecule has 0 saturated heterocycles. The SMILES string of the molecule is OC(Cc1nc(-c2ccc(F)c(Cl)c2)no1)C(F)(F)F. The molecule has 9 heteroatoms. The first-order valence-electron chi connectivity index (χ1n) is 5.30. The summed E-state index contributed by atoms with van der Waals surface area (Å²) in [5, 5.41) is 12.1. The molecule has 0 aliphatic carbocycles. The van der Waals surface area contributed by atoms with Crippen LogP contribution in [0.3, 0.4) is 0 Å². The van der Waals surface area contributed by atoms with E-state index in [0.29, 0.717) is 0 Å². The van der Waals surface area contributed by atoms with Crippen LogP contribution in [-0.2, 0) is 6.42 Å². The summed E-state index contributed by atoms with van der Waals surface area (Å²) >= 11 is 5.56. The molecular formula is C11H7ClF4N2O2. The van der Waals surface area contributed by atoms with Gasteiger partial charge < -0.3 is 9.63 Å². The van der Waals surface area contributed by atoms with Crippen LogP contribution in [-0.4, -0.2) is 27.5 Å². The van der Waals surface area contributed by atoms with E-state index >= 15 is 0 Å². The van der Waals surface area contributed by atoms with Gasteiger partial charge in [0.1, 0.15) is 5.82 Å². The quantitative estimate of drug-likeness (QED) is 0.885. The molecule has 0 bridgehead atoms. The topological polar surface area (TPSA) is 59.2 Å². The van der Waals surface area contributed by atoms with Gasteiger partial charge >= 0.3 is 6.18 Å². The van der Waals surface area contributed by atoms with Crippen LogP contribution >= 0.6 is 11.6 Å². The second-order valence-corrected chi connectivity index (χ2v) is 4.31. The molecule has 1 aromatic carbocycles. The molecule has 2 rings (SSSR count).